The first-order chi connectivity index (χ1) is 17.3. The Balaban J connectivity index is 1.61. The minimum atomic E-state index is -0.958. The van der Waals surface area contributed by atoms with E-state index in [1.54, 1.807) is 59.0 Å². The minimum Gasteiger partial charge on any atom is -0.505 e. The summed E-state index contributed by atoms with van der Waals surface area (Å²) in [4.78, 5) is 53.2. The molecule has 0 amide bonds. The molecule has 0 saturated carbocycles. The molecule has 0 fully saturated rings. The van der Waals surface area contributed by atoms with Crippen LogP contribution in [0.1, 0.15) is 23.9 Å². The fourth-order valence-electron chi connectivity index (χ4n) is 5.39. The second-order valence-electron chi connectivity index (χ2n) is 8.78. The van der Waals surface area contributed by atoms with Crippen molar-refractivity contribution >= 4 is 34.2 Å². The van der Waals surface area contributed by atoms with Crippen molar-refractivity contribution in [2.75, 3.05) is 0 Å². The molecular formula is C26H17FIN3O5. The van der Waals surface area contributed by atoms with E-state index in [0.29, 0.717) is 11.3 Å². The van der Waals surface area contributed by atoms with Crippen LogP contribution in [0.5, 0.6) is 5.75 Å². The van der Waals surface area contributed by atoms with Crippen molar-refractivity contribution in [3.05, 3.63) is 113 Å². The van der Waals surface area contributed by atoms with Gasteiger partial charge < -0.3 is 5.11 Å². The number of carbonyl (C=O) groups is 2. The first-order valence-corrected chi connectivity index (χ1v) is 12.2. The summed E-state index contributed by atoms with van der Waals surface area (Å²) < 4.78 is 18.3. The number of nitrogens with zero attached hydrogens (tertiary/aromatic N) is 3. The average Bonchev–Trinajstić information content (AvgIpc) is 3.13. The number of aromatic nitrogens is 3. The number of rotatable bonds is 2. The number of halogens is 2. The van der Waals surface area contributed by atoms with Crippen molar-refractivity contribution in [1.29, 1.82) is 0 Å². The first kappa shape index (κ1) is 22.7. The number of para-hydroxylation sites is 2. The van der Waals surface area contributed by atoms with Gasteiger partial charge in [0.05, 0.1) is 21.9 Å². The summed E-state index contributed by atoms with van der Waals surface area (Å²) in [7, 11) is 0. The molecule has 2 heterocycles. The minimum absolute atomic E-state index is 0.0108. The van der Waals surface area contributed by atoms with E-state index in [9.17, 15) is 28.7 Å². The van der Waals surface area contributed by atoms with Crippen molar-refractivity contribution in [3.63, 3.8) is 0 Å². The van der Waals surface area contributed by atoms with Gasteiger partial charge in [-0.25, -0.2) is 27.9 Å². The predicted molar refractivity (Wildman–Crippen MR) is 136 cm³/mol. The normalized spacial score (nSPS) is 20.9. The fourth-order valence-corrected chi connectivity index (χ4v) is 5.96. The molecule has 0 spiro atoms. The van der Waals surface area contributed by atoms with E-state index < -0.39 is 34.9 Å². The van der Waals surface area contributed by atoms with Crippen molar-refractivity contribution in [2.24, 2.45) is 0 Å². The van der Waals surface area contributed by atoms with Gasteiger partial charge >= 0.3 is 11.4 Å². The molecular weight excluding hydrogens is 580 g/mol. The quantitative estimate of drug-likeness (QED) is 0.278. The Morgan fingerprint density at radius 2 is 1.72 bits per heavy atom. The van der Waals surface area contributed by atoms with Crippen LogP contribution in [-0.2, 0) is 16.1 Å². The van der Waals surface area contributed by atoms with Crippen LogP contribution >= 0.6 is 22.6 Å². The zero-order valence-corrected chi connectivity index (χ0v) is 20.7. The third kappa shape index (κ3) is 3.10. The highest BCUT2D eigenvalue weighted by molar-refractivity contribution is 14.1. The molecule has 10 heteroatoms. The molecule has 1 N–H and O–H groups in total. The summed E-state index contributed by atoms with van der Waals surface area (Å²) in [5, 5.41) is 10.6. The lowest BCUT2D eigenvalue weighted by Crippen LogP contribution is -2.40. The van der Waals surface area contributed by atoms with E-state index in [2.05, 4.69) is 0 Å². The molecule has 0 saturated heterocycles. The topological polar surface area (TPSA) is 103 Å². The van der Waals surface area contributed by atoms with E-state index in [4.69, 9.17) is 0 Å². The Labute approximate surface area is 216 Å². The highest BCUT2D eigenvalue weighted by atomic mass is 127. The number of carbonyl (C=O) groups excluding carboxylic acids is 2. The number of phenolic OH excluding ortho intramolecular Hbond substituents is 1. The van der Waals surface area contributed by atoms with Crippen molar-refractivity contribution in [1.82, 2.24) is 13.9 Å². The Morgan fingerprint density at radius 3 is 2.47 bits per heavy atom. The summed E-state index contributed by atoms with van der Waals surface area (Å²) in [6, 6.07) is 11.7. The first-order valence-electron chi connectivity index (χ1n) is 11.2. The molecule has 1 aromatic heterocycles. The predicted octanol–water partition coefficient (Wildman–Crippen LogP) is 3.08. The molecule has 3 aromatic rings. The van der Waals surface area contributed by atoms with Gasteiger partial charge in [0.15, 0.2) is 23.1 Å². The Hall–Kier alpha value is -3.80. The van der Waals surface area contributed by atoms with E-state index in [0.717, 1.165) is 10.6 Å². The number of allylic oxidation sites excluding steroid dienone is 6. The smallest absolute Gasteiger partial charge is 0.352 e. The zero-order chi connectivity index (χ0) is 25.3. The standard InChI is InChI=1S/C26H17FIN3O5/c27-17-8-4-7-15(23(17)33)21-14-9-10-29-25(35)30(13-5-2-1-3-6-13)26(36)31(29)19(14)11-16-20(32)12-18(28)24(34)22(16)21/h1-9,12,19,21,33H,10-11H2. The Kier molecular flexibility index (Phi) is 5.11. The number of aromatic hydroxyl groups is 1. The van der Waals surface area contributed by atoms with Crippen molar-refractivity contribution in [2.45, 2.75) is 24.9 Å². The number of hydrogen-bond donors (Lipinski definition) is 1. The number of fused-ring (bicyclic) bond motifs is 3. The second kappa shape index (κ2) is 8.12. The zero-order valence-electron chi connectivity index (χ0n) is 18.5. The third-order valence-electron chi connectivity index (χ3n) is 6.94. The largest absolute Gasteiger partial charge is 0.505 e. The number of hydrogen-bond acceptors (Lipinski definition) is 5. The molecule has 2 aromatic carbocycles. The van der Waals surface area contributed by atoms with E-state index in [-0.39, 0.29) is 44.8 Å². The van der Waals surface area contributed by atoms with Gasteiger partial charge in [-0.15, -0.1) is 0 Å². The van der Waals surface area contributed by atoms with Gasteiger partial charge in [-0.05, 0) is 46.4 Å². The molecule has 3 aliphatic rings. The van der Waals surface area contributed by atoms with Crippen LogP contribution in [0.25, 0.3) is 5.69 Å². The average molecular weight is 597 g/mol. The van der Waals surface area contributed by atoms with Gasteiger partial charge in [-0.2, -0.15) is 0 Å². The fraction of sp³-hybridized carbons (Fsp3) is 0.154. The van der Waals surface area contributed by atoms with Gasteiger partial charge in [0.1, 0.15) is 0 Å². The Bertz CT molecular complexity index is 1710. The number of benzene rings is 2. The van der Waals surface area contributed by atoms with Gasteiger partial charge in [-0.3, -0.25) is 9.59 Å². The molecule has 0 bridgehead atoms. The van der Waals surface area contributed by atoms with Crippen LogP contribution in [0.2, 0.25) is 0 Å². The molecule has 8 nitrogen and oxygen atoms in total. The SMILES string of the molecule is O=C1C=C(I)C(=O)C2=C1CC1C(=CCn3c(=O)n(-c4ccccc4)c(=O)n31)C2c1cccc(F)c1O. The lowest BCUT2D eigenvalue weighted by atomic mass is 9.68. The van der Waals surface area contributed by atoms with Gasteiger partial charge in [0.2, 0.25) is 0 Å². The number of Topliss-reactive ketones (excluding diaryl/α,β-unsaturated/α-hetero) is 1. The molecule has 180 valence electrons. The molecule has 0 radical (unpaired) electrons. The maximum Gasteiger partial charge on any atom is 0.352 e. The Morgan fingerprint density at radius 1 is 0.972 bits per heavy atom. The maximum absolute atomic E-state index is 14.4. The molecule has 1 aliphatic heterocycles. The summed E-state index contributed by atoms with van der Waals surface area (Å²) in [5.41, 5.74) is 0.309. The highest BCUT2D eigenvalue weighted by Gasteiger charge is 2.46. The number of phenols is 1. The van der Waals surface area contributed by atoms with Crippen LogP contribution in [-0.4, -0.2) is 30.6 Å². The van der Waals surface area contributed by atoms with Crippen molar-refractivity contribution in [3.8, 4) is 11.4 Å². The van der Waals surface area contributed by atoms with Gasteiger partial charge in [-0.1, -0.05) is 36.4 Å². The molecule has 36 heavy (non-hydrogen) atoms. The van der Waals surface area contributed by atoms with Gasteiger partial charge in [0.25, 0.3) is 0 Å². The van der Waals surface area contributed by atoms with Gasteiger partial charge in [0, 0.05) is 35.1 Å². The van der Waals surface area contributed by atoms with Crippen LogP contribution in [0.15, 0.2) is 90.6 Å². The van der Waals surface area contributed by atoms with Crippen LogP contribution in [0.4, 0.5) is 4.39 Å². The third-order valence-corrected chi connectivity index (χ3v) is 7.75. The highest BCUT2D eigenvalue weighted by Crippen LogP contribution is 2.51. The molecule has 2 atom stereocenters. The van der Waals surface area contributed by atoms with E-state index in [1.807, 2.05) is 0 Å². The number of ketones is 2. The monoisotopic (exact) mass is 597 g/mol. The van der Waals surface area contributed by atoms with E-state index >= 15 is 0 Å². The summed E-state index contributed by atoms with van der Waals surface area (Å²) >= 11 is 1.80. The van der Waals surface area contributed by atoms with Crippen LogP contribution < -0.4 is 11.4 Å². The summed E-state index contributed by atoms with van der Waals surface area (Å²) in [6.45, 7) is 0.0317. The lowest BCUT2D eigenvalue weighted by Gasteiger charge is -2.39. The second-order valence-corrected chi connectivity index (χ2v) is 9.94. The molecule has 2 unspecified atom stereocenters. The summed E-state index contributed by atoms with van der Waals surface area (Å²) in [6.07, 6.45) is 2.98. The maximum atomic E-state index is 14.4. The lowest BCUT2D eigenvalue weighted by molar-refractivity contribution is -0.115. The van der Waals surface area contributed by atoms with Crippen molar-refractivity contribution < 1.29 is 19.1 Å². The van der Waals surface area contributed by atoms with Crippen LogP contribution in [0.3, 0.4) is 0 Å². The molecule has 6 rings (SSSR count). The summed E-state index contributed by atoms with van der Waals surface area (Å²) in [5.74, 6) is -3.21. The molecule has 2 aliphatic carbocycles. The van der Waals surface area contributed by atoms with Crippen LogP contribution in [0, 0.1) is 5.82 Å². The van der Waals surface area contributed by atoms with E-state index in [1.165, 1.54) is 27.6 Å².